The van der Waals surface area contributed by atoms with Crippen molar-refractivity contribution in [3.8, 4) is 12.3 Å². The highest BCUT2D eigenvalue weighted by molar-refractivity contribution is 5.33. The van der Waals surface area contributed by atoms with Crippen molar-refractivity contribution in [3.05, 3.63) is 6.33 Å². The van der Waals surface area contributed by atoms with Crippen LogP contribution < -0.4 is 10.6 Å². The summed E-state index contributed by atoms with van der Waals surface area (Å²) in [4.78, 5) is 12.0. The van der Waals surface area contributed by atoms with Crippen LogP contribution in [0.5, 0.6) is 0 Å². The van der Waals surface area contributed by atoms with Gasteiger partial charge in [-0.05, 0) is 6.42 Å². The van der Waals surface area contributed by atoms with Crippen molar-refractivity contribution in [2.75, 3.05) is 23.7 Å². The summed E-state index contributed by atoms with van der Waals surface area (Å²) < 4.78 is 0. The Labute approximate surface area is 83.4 Å². The summed E-state index contributed by atoms with van der Waals surface area (Å²) in [6.45, 7) is 3.33. The third-order valence-corrected chi connectivity index (χ3v) is 1.45. The minimum atomic E-state index is 0.414. The van der Waals surface area contributed by atoms with E-state index in [4.69, 9.17) is 6.42 Å². The predicted molar refractivity (Wildman–Crippen MR) is 55.9 cm³/mol. The fraction of sp³-hybridized carbons (Fsp3) is 0.444. The van der Waals surface area contributed by atoms with Crippen LogP contribution in [0, 0.1) is 12.3 Å². The Hall–Kier alpha value is -1.83. The molecule has 1 rings (SSSR count). The van der Waals surface area contributed by atoms with E-state index in [0.29, 0.717) is 18.4 Å². The molecule has 0 fully saturated rings. The zero-order valence-electron chi connectivity index (χ0n) is 8.12. The maximum absolute atomic E-state index is 5.10. The lowest BCUT2D eigenvalue weighted by Gasteiger charge is -2.04. The first-order chi connectivity index (χ1) is 6.86. The number of hydrogen-bond acceptors (Lipinski definition) is 5. The number of rotatable bonds is 5. The van der Waals surface area contributed by atoms with Crippen LogP contribution in [0.2, 0.25) is 0 Å². The summed E-state index contributed by atoms with van der Waals surface area (Å²) in [6.07, 6.45) is 7.57. The second-order valence-electron chi connectivity index (χ2n) is 2.62. The average molecular weight is 191 g/mol. The standard InChI is InChI=1S/C9H13N5/c1-3-5-10-8-12-7-13-9(14-8)11-6-4-2/h1,7H,4-6H2,2H3,(H2,10,11,12,13,14). The van der Waals surface area contributed by atoms with Gasteiger partial charge in [0.25, 0.3) is 0 Å². The van der Waals surface area contributed by atoms with Crippen molar-refractivity contribution in [2.45, 2.75) is 13.3 Å². The third kappa shape index (κ3) is 3.27. The molecule has 74 valence electrons. The van der Waals surface area contributed by atoms with Gasteiger partial charge in [0.2, 0.25) is 11.9 Å². The van der Waals surface area contributed by atoms with E-state index in [-0.39, 0.29) is 0 Å². The molecule has 0 saturated heterocycles. The van der Waals surface area contributed by atoms with Gasteiger partial charge in [-0.15, -0.1) is 6.42 Å². The Morgan fingerprint density at radius 3 is 2.71 bits per heavy atom. The Balaban J connectivity index is 2.55. The summed E-state index contributed by atoms with van der Waals surface area (Å²) in [5, 5.41) is 5.93. The molecule has 0 aliphatic heterocycles. The van der Waals surface area contributed by atoms with Gasteiger partial charge in [0.1, 0.15) is 6.33 Å². The van der Waals surface area contributed by atoms with Crippen LogP contribution in [0.25, 0.3) is 0 Å². The van der Waals surface area contributed by atoms with Gasteiger partial charge in [-0.1, -0.05) is 12.8 Å². The largest absolute Gasteiger partial charge is 0.354 e. The van der Waals surface area contributed by atoms with Crippen LogP contribution in [-0.2, 0) is 0 Å². The number of nitrogens with one attached hydrogen (secondary N) is 2. The highest BCUT2D eigenvalue weighted by Gasteiger charge is 1.97. The second-order valence-corrected chi connectivity index (χ2v) is 2.62. The first kappa shape index (κ1) is 10.3. The molecule has 0 aliphatic carbocycles. The predicted octanol–water partition coefficient (Wildman–Crippen LogP) is 0.739. The van der Waals surface area contributed by atoms with Crippen LogP contribution in [0.1, 0.15) is 13.3 Å². The first-order valence-electron chi connectivity index (χ1n) is 4.47. The van der Waals surface area contributed by atoms with Crippen molar-refractivity contribution >= 4 is 11.9 Å². The van der Waals surface area contributed by atoms with E-state index in [2.05, 4.69) is 38.4 Å². The number of nitrogens with zero attached hydrogens (tertiary/aromatic N) is 3. The Bertz CT molecular complexity index is 317. The molecular weight excluding hydrogens is 178 g/mol. The lowest BCUT2D eigenvalue weighted by atomic mass is 10.5. The maximum atomic E-state index is 5.10. The number of aromatic nitrogens is 3. The van der Waals surface area contributed by atoms with E-state index < -0.39 is 0 Å². The van der Waals surface area contributed by atoms with Crippen LogP contribution in [-0.4, -0.2) is 28.0 Å². The van der Waals surface area contributed by atoms with Gasteiger partial charge < -0.3 is 10.6 Å². The molecule has 1 heterocycles. The van der Waals surface area contributed by atoms with E-state index in [1.165, 1.54) is 6.33 Å². The summed E-state index contributed by atoms with van der Waals surface area (Å²) in [5.41, 5.74) is 0. The van der Waals surface area contributed by atoms with Crippen molar-refractivity contribution in [1.29, 1.82) is 0 Å². The Kier molecular flexibility index (Phi) is 4.21. The molecule has 0 bridgehead atoms. The van der Waals surface area contributed by atoms with Crippen LogP contribution >= 0.6 is 0 Å². The van der Waals surface area contributed by atoms with Crippen LogP contribution in [0.4, 0.5) is 11.9 Å². The van der Waals surface area contributed by atoms with Gasteiger partial charge in [-0.3, -0.25) is 0 Å². The van der Waals surface area contributed by atoms with Crippen LogP contribution in [0.3, 0.4) is 0 Å². The molecule has 0 aromatic carbocycles. The van der Waals surface area contributed by atoms with Gasteiger partial charge >= 0.3 is 0 Å². The van der Waals surface area contributed by atoms with E-state index in [9.17, 15) is 0 Å². The molecule has 5 nitrogen and oxygen atoms in total. The third-order valence-electron chi connectivity index (χ3n) is 1.45. The van der Waals surface area contributed by atoms with E-state index >= 15 is 0 Å². The molecule has 14 heavy (non-hydrogen) atoms. The van der Waals surface area contributed by atoms with Gasteiger partial charge in [0.15, 0.2) is 0 Å². The molecular formula is C9H13N5. The quantitative estimate of drug-likeness (QED) is 0.672. The molecule has 0 unspecified atom stereocenters. The molecule has 1 aromatic heterocycles. The van der Waals surface area contributed by atoms with Gasteiger partial charge in [0, 0.05) is 6.54 Å². The molecule has 5 heteroatoms. The van der Waals surface area contributed by atoms with Crippen molar-refractivity contribution in [2.24, 2.45) is 0 Å². The minimum Gasteiger partial charge on any atom is -0.354 e. The molecule has 0 atom stereocenters. The molecule has 0 spiro atoms. The Morgan fingerprint density at radius 2 is 2.07 bits per heavy atom. The summed E-state index contributed by atoms with van der Waals surface area (Å²) in [5.74, 6) is 3.51. The van der Waals surface area contributed by atoms with E-state index in [1.807, 2.05) is 0 Å². The Morgan fingerprint density at radius 1 is 1.36 bits per heavy atom. The van der Waals surface area contributed by atoms with Gasteiger partial charge in [-0.2, -0.15) is 4.98 Å². The van der Waals surface area contributed by atoms with Crippen molar-refractivity contribution in [3.63, 3.8) is 0 Å². The van der Waals surface area contributed by atoms with Gasteiger partial charge in [-0.25, -0.2) is 9.97 Å². The first-order valence-corrected chi connectivity index (χ1v) is 4.47. The molecule has 0 radical (unpaired) electrons. The molecule has 2 N–H and O–H groups in total. The average Bonchev–Trinajstić information content (AvgIpc) is 2.24. The van der Waals surface area contributed by atoms with E-state index in [0.717, 1.165) is 13.0 Å². The summed E-state index contributed by atoms with van der Waals surface area (Å²) >= 11 is 0. The zero-order chi connectivity index (χ0) is 10.2. The van der Waals surface area contributed by atoms with Gasteiger partial charge in [0.05, 0.1) is 6.54 Å². The summed E-state index contributed by atoms with van der Waals surface area (Å²) in [7, 11) is 0. The number of hydrogen-bond donors (Lipinski definition) is 2. The highest BCUT2D eigenvalue weighted by Crippen LogP contribution is 2.00. The zero-order valence-corrected chi connectivity index (χ0v) is 8.12. The number of anilines is 2. The fourth-order valence-corrected chi connectivity index (χ4v) is 0.834. The lowest BCUT2D eigenvalue weighted by molar-refractivity contribution is 0.937. The molecule has 0 amide bonds. The SMILES string of the molecule is C#CCNc1ncnc(NCCC)n1. The lowest BCUT2D eigenvalue weighted by Crippen LogP contribution is -2.08. The number of terminal acetylenes is 1. The molecule has 0 saturated carbocycles. The second kappa shape index (κ2) is 5.75. The summed E-state index contributed by atoms with van der Waals surface area (Å²) in [6, 6.07) is 0. The smallest absolute Gasteiger partial charge is 0.228 e. The molecule has 1 aromatic rings. The normalized spacial score (nSPS) is 9.14. The maximum Gasteiger partial charge on any atom is 0.228 e. The van der Waals surface area contributed by atoms with Crippen LogP contribution in [0.15, 0.2) is 6.33 Å². The van der Waals surface area contributed by atoms with Crippen molar-refractivity contribution in [1.82, 2.24) is 15.0 Å². The molecule has 0 aliphatic rings. The monoisotopic (exact) mass is 191 g/mol. The minimum absolute atomic E-state index is 0.414. The topological polar surface area (TPSA) is 62.7 Å². The van der Waals surface area contributed by atoms with Crippen molar-refractivity contribution < 1.29 is 0 Å². The van der Waals surface area contributed by atoms with E-state index in [1.54, 1.807) is 0 Å². The highest BCUT2D eigenvalue weighted by atomic mass is 15.2. The fourth-order valence-electron chi connectivity index (χ4n) is 0.834.